The van der Waals surface area contributed by atoms with E-state index < -0.39 is 5.91 Å². The molecule has 1 saturated heterocycles. The van der Waals surface area contributed by atoms with Crippen molar-refractivity contribution in [1.82, 2.24) is 4.90 Å². The Kier molecular flexibility index (Phi) is 6.59. The van der Waals surface area contributed by atoms with E-state index in [2.05, 4.69) is 0 Å². The molecule has 7 nitrogen and oxygen atoms in total. The number of carbonyl (C=O) groups is 2. The van der Waals surface area contributed by atoms with E-state index in [0.717, 1.165) is 19.3 Å². The number of urea groups is 1. The highest BCUT2D eigenvalue weighted by atomic mass is 16.5. The molecule has 0 aromatic heterocycles. The van der Waals surface area contributed by atoms with Gasteiger partial charge in [-0.15, -0.1) is 0 Å². The highest BCUT2D eigenvalue weighted by Crippen LogP contribution is 2.38. The molecular formula is C22H26N2O5. The van der Waals surface area contributed by atoms with Gasteiger partial charge in [0.15, 0.2) is 11.5 Å². The minimum Gasteiger partial charge on any atom is -0.493 e. The van der Waals surface area contributed by atoms with E-state index in [1.807, 2.05) is 6.07 Å². The van der Waals surface area contributed by atoms with Gasteiger partial charge in [0, 0.05) is 18.7 Å². The molecule has 0 atom stereocenters. The molecule has 0 radical (unpaired) electrons. The summed E-state index contributed by atoms with van der Waals surface area (Å²) in [6, 6.07) is 11.7. The number of rotatable bonds is 5. The highest BCUT2D eigenvalue weighted by Gasteiger charge is 2.31. The molecule has 3 rings (SSSR count). The van der Waals surface area contributed by atoms with Gasteiger partial charge in [-0.3, -0.25) is 4.79 Å². The lowest BCUT2D eigenvalue weighted by Gasteiger charge is -2.32. The van der Waals surface area contributed by atoms with Crippen molar-refractivity contribution in [3.8, 4) is 17.2 Å². The van der Waals surface area contributed by atoms with Crippen molar-refractivity contribution < 1.29 is 23.8 Å². The summed E-state index contributed by atoms with van der Waals surface area (Å²) in [6.45, 7) is 1.29. The fraction of sp³-hybridized carbons (Fsp3) is 0.364. The van der Waals surface area contributed by atoms with Gasteiger partial charge in [0.05, 0.1) is 27.0 Å². The summed E-state index contributed by atoms with van der Waals surface area (Å²) < 4.78 is 16.1. The fourth-order valence-corrected chi connectivity index (χ4v) is 3.45. The van der Waals surface area contributed by atoms with Crippen LogP contribution in [-0.2, 0) is 0 Å². The zero-order valence-corrected chi connectivity index (χ0v) is 17.0. The number of nitrogens with zero attached hydrogens (tertiary/aromatic N) is 2. The molecule has 154 valence electrons. The van der Waals surface area contributed by atoms with Crippen molar-refractivity contribution in [3.63, 3.8) is 0 Å². The van der Waals surface area contributed by atoms with E-state index in [0.29, 0.717) is 36.0 Å². The average Bonchev–Trinajstić information content (AvgIpc) is 2.79. The van der Waals surface area contributed by atoms with Crippen molar-refractivity contribution in [3.05, 3.63) is 48.0 Å². The van der Waals surface area contributed by atoms with E-state index in [-0.39, 0.29) is 11.6 Å². The van der Waals surface area contributed by atoms with Crippen LogP contribution in [0.25, 0.3) is 0 Å². The van der Waals surface area contributed by atoms with Crippen molar-refractivity contribution >= 4 is 17.6 Å². The maximum Gasteiger partial charge on any atom is 0.331 e. The number of hydrogen-bond donors (Lipinski definition) is 0. The van der Waals surface area contributed by atoms with E-state index in [4.69, 9.17) is 14.2 Å². The van der Waals surface area contributed by atoms with Gasteiger partial charge < -0.3 is 19.1 Å². The third-order valence-corrected chi connectivity index (χ3v) is 4.95. The summed E-state index contributed by atoms with van der Waals surface area (Å²) in [4.78, 5) is 29.7. The molecule has 0 saturated carbocycles. The zero-order valence-electron chi connectivity index (χ0n) is 17.0. The molecule has 0 aliphatic carbocycles. The monoisotopic (exact) mass is 398 g/mol. The number of likely N-dealkylation sites (tertiary alicyclic amines) is 1. The SMILES string of the molecule is COc1cc(C(=O)N(C(=O)N2CCCCC2)c2ccccc2)cc(OC)c1OC. The first kappa shape index (κ1) is 20.5. The Labute approximate surface area is 170 Å². The number of imide groups is 1. The summed E-state index contributed by atoms with van der Waals surface area (Å²) in [5, 5.41) is 0. The number of para-hydroxylation sites is 1. The van der Waals surface area contributed by atoms with Gasteiger partial charge in [0.25, 0.3) is 5.91 Å². The Morgan fingerprint density at radius 1 is 0.862 bits per heavy atom. The molecule has 29 heavy (non-hydrogen) atoms. The summed E-state index contributed by atoms with van der Waals surface area (Å²) in [7, 11) is 4.47. The predicted molar refractivity (Wildman–Crippen MR) is 110 cm³/mol. The number of hydrogen-bond acceptors (Lipinski definition) is 5. The zero-order chi connectivity index (χ0) is 20.8. The van der Waals surface area contributed by atoms with Gasteiger partial charge in [0.1, 0.15) is 0 Å². The van der Waals surface area contributed by atoms with Crippen LogP contribution in [0.5, 0.6) is 17.2 Å². The molecule has 0 N–H and O–H groups in total. The molecular weight excluding hydrogens is 372 g/mol. The summed E-state index contributed by atoms with van der Waals surface area (Å²) in [6.07, 6.45) is 2.97. The standard InChI is InChI=1S/C22H26N2O5/c1-27-18-14-16(15-19(28-2)20(18)29-3)21(25)24(17-10-6-4-7-11-17)22(26)23-12-8-5-9-13-23/h4,6-7,10-11,14-15H,5,8-9,12-13H2,1-3H3. The summed E-state index contributed by atoms with van der Waals surface area (Å²) >= 11 is 0. The first-order valence-electron chi connectivity index (χ1n) is 9.59. The second-order valence-corrected chi connectivity index (χ2v) is 6.72. The number of piperidine rings is 1. The minimum absolute atomic E-state index is 0.272. The van der Waals surface area contributed by atoms with Crippen molar-refractivity contribution in [2.45, 2.75) is 19.3 Å². The molecule has 3 amide bonds. The first-order valence-corrected chi connectivity index (χ1v) is 9.59. The molecule has 1 aliphatic rings. The van der Waals surface area contributed by atoms with Crippen LogP contribution in [0.1, 0.15) is 29.6 Å². The number of anilines is 1. The third-order valence-electron chi connectivity index (χ3n) is 4.95. The second kappa shape index (κ2) is 9.32. The fourth-order valence-electron chi connectivity index (χ4n) is 3.45. The van der Waals surface area contributed by atoms with E-state index in [1.165, 1.54) is 26.2 Å². The molecule has 0 spiro atoms. The molecule has 1 fully saturated rings. The molecule has 1 aliphatic heterocycles. The normalized spacial score (nSPS) is 13.6. The van der Waals surface area contributed by atoms with Crippen molar-refractivity contribution in [2.75, 3.05) is 39.3 Å². The predicted octanol–water partition coefficient (Wildman–Crippen LogP) is 3.97. The number of amides is 3. The number of ether oxygens (including phenoxy) is 3. The number of benzene rings is 2. The van der Waals surface area contributed by atoms with Crippen LogP contribution in [0.3, 0.4) is 0 Å². The van der Waals surface area contributed by atoms with Crippen LogP contribution in [-0.4, -0.2) is 51.3 Å². The van der Waals surface area contributed by atoms with Gasteiger partial charge in [-0.05, 0) is 43.5 Å². The van der Waals surface area contributed by atoms with Gasteiger partial charge >= 0.3 is 6.03 Å². The van der Waals surface area contributed by atoms with E-state index in [1.54, 1.807) is 41.3 Å². The Morgan fingerprint density at radius 3 is 1.97 bits per heavy atom. The highest BCUT2D eigenvalue weighted by molar-refractivity contribution is 6.20. The van der Waals surface area contributed by atoms with Crippen LogP contribution in [0.4, 0.5) is 10.5 Å². The lowest BCUT2D eigenvalue weighted by Crippen LogP contribution is -2.48. The lowest BCUT2D eigenvalue weighted by atomic mass is 10.1. The van der Waals surface area contributed by atoms with Crippen molar-refractivity contribution in [1.29, 1.82) is 0 Å². The van der Waals surface area contributed by atoms with Gasteiger partial charge in [-0.1, -0.05) is 18.2 Å². The van der Waals surface area contributed by atoms with E-state index in [9.17, 15) is 9.59 Å². The maximum absolute atomic E-state index is 13.5. The molecule has 0 bridgehead atoms. The average molecular weight is 398 g/mol. The largest absolute Gasteiger partial charge is 0.493 e. The Bertz CT molecular complexity index is 838. The first-order chi connectivity index (χ1) is 14.1. The van der Waals surface area contributed by atoms with Crippen LogP contribution >= 0.6 is 0 Å². The van der Waals surface area contributed by atoms with Gasteiger partial charge in [-0.2, -0.15) is 0 Å². The summed E-state index contributed by atoms with van der Waals surface area (Å²) in [5.74, 6) is 0.647. The Balaban J connectivity index is 2.04. The molecule has 1 heterocycles. The third kappa shape index (κ3) is 4.29. The van der Waals surface area contributed by atoms with Gasteiger partial charge in [-0.25, -0.2) is 9.69 Å². The van der Waals surface area contributed by atoms with Crippen LogP contribution in [0.2, 0.25) is 0 Å². The second-order valence-electron chi connectivity index (χ2n) is 6.72. The van der Waals surface area contributed by atoms with Crippen LogP contribution < -0.4 is 19.1 Å². The Morgan fingerprint density at radius 2 is 1.45 bits per heavy atom. The molecule has 7 heteroatoms. The minimum atomic E-state index is -0.453. The molecule has 0 unspecified atom stereocenters. The Hall–Kier alpha value is -3.22. The number of carbonyl (C=O) groups excluding carboxylic acids is 2. The molecule has 2 aromatic rings. The smallest absolute Gasteiger partial charge is 0.331 e. The van der Waals surface area contributed by atoms with Crippen LogP contribution in [0.15, 0.2) is 42.5 Å². The molecule has 2 aromatic carbocycles. The van der Waals surface area contributed by atoms with Crippen LogP contribution in [0, 0.1) is 0 Å². The topological polar surface area (TPSA) is 68.3 Å². The maximum atomic E-state index is 13.5. The number of methoxy groups -OCH3 is 3. The lowest BCUT2D eigenvalue weighted by molar-refractivity contribution is 0.0982. The van der Waals surface area contributed by atoms with Gasteiger partial charge in [0.2, 0.25) is 5.75 Å². The van der Waals surface area contributed by atoms with Crippen molar-refractivity contribution in [2.24, 2.45) is 0 Å². The van der Waals surface area contributed by atoms with E-state index >= 15 is 0 Å². The summed E-state index contributed by atoms with van der Waals surface area (Å²) in [5.41, 5.74) is 0.788. The quantitative estimate of drug-likeness (QED) is 0.762.